The van der Waals surface area contributed by atoms with Crippen molar-refractivity contribution in [1.82, 2.24) is 0 Å². The number of esters is 2. The third-order valence-corrected chi connectivity index (χ3v) is 2.94. The molecule has 0 radical (unpaired) electrons. The van der Waals surface area contributed by atoms with Crippen LogP contribution in [0.4, 0.5) is 0 Å². The lowest BCUT2D eigenvalue weighted by molar-refractivity contribution is -0.164. The fourth-order valence-electron chi connectivity index (χ4n) is 2.14. The van der Waals surface area contributed by atoms with Crippen molar-refractivity contribution in [3.05, 3.63) is 0 Å². The van der Waals surface area contributed by atoms with Crippen LogP contribution in [0.2, 0.25) is 0 Å². The molecular weight excluding hydrogens is 232 g/mol. The van der Waals surface area contributed by atoms with Gasteiger partial charge in [0.25, 0.3) is 0 Å². The lowest BCUT2D eigenvalue weighted by atomic mass is 9.77. The Morgan fingerprint density at radius 3 is 1.22 bits per heavy atom. The van der Waals surface area contributed by atoms with Crippen molar-refractivity contribution in [2.24, 2.45) is 23.7 Å². The van der Waals surface area contributed by atoms with Crippen LogP contribution in [-0.2, 0) is 19.1 Å². The largest absolute Gasteiger partial charge is 0.466 e. The maximum atomic E-state index is 12.0. The molecule has 0 N–H and O–H groups in total. The van der Waals surface area contributed by atoms with Gasteiger partial charge in [-0.25, -0.2) is 0 Å². The van der Waals surface area contributed by atoms with Gasteiger partial charge in [0.1, 0.15) is 0 Å². The summed E-state index contributed by atoms with van der Waals surface area (Å²) in [4.78, 5) is 24.0. The summed E-state index contributed by atoms with van der Waals surface area (Å²) in [5, 5.41) is 0. The van der Waals surface area contributed by atoms with E-state index in [1.54, 1.807) is 13.8 Å². The molecule has 0 heterocycles. The van der Waals surface area contributed by atoms with E-state index in [0.717, 1.165) is 0 Å². The summed E-state index contributed by atoms with van der Waals surface area (Å²) in [5.74, 6) is -1.41. The van der Waals surface area contributed by atoms with Crippen molar-refractivity contribution in [2.45, 2.75) is 41.5 Å². The number of carbonyl (C=O) groups excluding carboxylic acids is 2. The summed E-state index contributed by atoms with van der Waals surface area (Å²) in [6, 6.07) is 0. The fourth-order valence-corrected chi connectivity index (χ4v) is 2.14. The van der Waals surface area contributed by atoms with Crippen LogP contribution in [0, 0.1) is 23.7 Å². The minimum Gasteiger partial charge on any atom is -0.466 e. The first-order valence-corrected chi connectivity index (χ1v) is 6.69. The molecule has 0 aliphatic heterocycles. The van der Waals surface area contributed by atoms with Gasteiger partial charge in [-0.1, -0.05) is 27.7 Å². The van der Waals surface area contributed by atoms with Crippen LogP contribution in [0.5, 0.6) is 0 Å². The van der Waals surface area contributed by atoms with E-state index in [1.165, 1.54) is 0 Å². The highest BCUT2D eigenvalue weighted by atomic mass is 16.5. The minimum atomic E-state index is -0.441. The standard InChI is InChI=1S/C14H26O4/c1-7-17-13(15)11(9(3)4)12(10(5)6)14(16)18-8-2/h9-12H,7-8H2,1-6H3/t11-,12+. The maximum Gasteiger partial charge on any atom is 0.310 e. The summed E-state index contributed by atoms with van der Waals surface area (Å²) < 4.78 is 10.2. The zero-order valence-corrected chi connectivity index (χ0v) is 12.4. The van der Waals surface area contributed by atoms with Crippen LogP contribution in [-0.4, -0.2) is 25.2 Å². The highest BCUT2D eigenvalue weighted by Crippen LogP contribution is 2.30. The molecule has 0 bridgehead atoms. The van der Waals surface area contributed by atoms with E-state index in [2.05, 4.69) is 0 Å². The second kappa shape index (κ2) is 8.11. The van der Waals surface area contributed by atoms with Gasteiger partial charge in [-0.15, -0.1) is 0 Å². The quantitative estimate of drug-likeness (QED) is 0.659. The molecule has 0 aliphatic carbocycles. The number of hydrogen-bond acceptors (Lipinski definition) is 4. The van der Waals surface area contributed by atoms with E-state index in [9.17, 15) is 9.59 Å². The Hall–Kier alpha value is -1.06. The Labute approximate surface area is 110 Å². The van der Waals surface area contributed by atoms with Crippen molar-refractivity contribution in [2.75, 3.05) is 13.2 Å². The van der Waals surface area contributed by atoms with E-state index in [-0.39, 0.29) is 23.8 Å². The van der Waals surface area contributed by atoms with Crippen molar-refractivity contribution < 1.29 is 19.1 Å². The average Bonchev–Trinajstić information content (AvgIpc) is 2.24. The van der Waals surface area contributed by atoms with Crippen LogP contribution in [0.1, 0.15) is 41.5 Å². The van der Waals surface area contributed by atoms with Gasteiger partial charge in [0, 0.05) is 0 Å². The van der Waals surface area contributed by atoms with Crippen LogP contribution >= 0.6 is 0 Å². The molecule has 0 fully saturated rings. The Balaban J connectivity index is 5.11. The zero-order valence-electron chi connectivity index (χ0n) is 12.4. The molecule has 0 saturated carbocycles. The zero-order chi connectivity index (χ0) is 14.3. The molecule has 0 rings (SSSR count). The van der Waals surface area contributed by atoms with Gasteiger partial charge in [-0.05, 0) is 25.7 Å². The van der Waals surface area contributed by atoms with Gasteiger partial charge in [0.05, 0.1) is 25.0 Å². The molecule has 18 heavy (non-hydrogen) atoms. The summed E-state index contributed by atoms with van der Waals surface area (Å²) in [7, 11) is 0. The van der Waals surface area contributed by atoms with Gasteiger partial charge < -0.3 is 9.47 Å². The molecule has 0 aliphatic rings. The topological polar surface area (TPSA) is 52.6 Å². The number of carbonyl (C=O) groups is 2. The van der Waals surface area contributed by atoms with E-state index >= 15 is 0 Å². The highest BCUT2D eigenvalue weighted by Gasteiger charge is 2.39. The van der Waals surface area contributed by atoms with Crippen molar-refractivity contribution in [3.63, 3.8) is 0 Å². The van der Waals surface area contributed by atoms with Crippen molar-refractivity contribution in [1.29, 1.82) is 0 Å². The SMILES string of the molecule is CCOC(=O)[C@H](C(C)C)[C@@H](C(=O)OCC)C(C)C. The summed E-state index contributed by atoms with van der Waals surface area (Å²) >= 11 is 0. The van der Waals surface area contributed by atoms with Gasteiger partial charge in [-0.2, -0.15) is 0 Å². The first-order valence-electron chi connectivity index (χ1n) is 6.69. The summed E-state index contributed by atoms with van der Waals surface area (Å²) in [6.07, 6.45) is 0. The minimum absolute atomic E-state index is 0.0425. The van der Waals surface area contributed by atoms with Gasteiger partial charge in [0.15, 0.2) is 0 Å². The van der Waals surface area contributed by atoms with Gasteiger partial charge in [0.2, 0.25) is 0 Å². The molecule has 0 aromatic heterocycles. The van der Waals surface area contributed by atoms with E-state index in [1.807, 2.05) is 27.7 Å². The van der Waals surface area contributed by atoms with Crippen LogP contribution in [0.3, 0.4) is 0 Å². The third kappa shape index (κ3) is 4.67. The first-order chi connectivity index (χ1) is 8.36. The molecule has 4 nitrogen and oxygen atoms in total. The van der Waals surface area contributed by atoms with E-state index in [0.29, 0.717) is 13.2 Å². The predicted octanol–water partition coefficient (Wildman–Crippen LogP) is 2.66. The monoisotopic (exact) mass is 258 g/mol. The second-order valence-corrected chi connectivity index (χ2v) is 5.04. The Morgan fingerprint density at radius 1 is 0.778 bits per heavy atom. The van der Waals surface area contributed by atoms with Gasteiger partial charge >= 0.3 is 11.9 Å². The van der Waals surface area contributed by atoms with Crippen molar-refractivity contribution >= 4 is 11.9 Å². The van der Waals surface area contributed by atoms with Crippen LogP contribution < -0.4 is 0 Å². The molecule has 0 saturated heterocycles. The molecule has 0 unspecified atom stereocenters. The number of rotatable bonds is 7. The summed E-state index contributed by atoms with van der Waals surface area (Å²) in [5.41, 5.74) is 0. The normalized spacial score (nSPS) is 14.4. The molecular formula is C14H26O4. The number of hydrogen-bond donors (Lipinski definition) is 0. The molecule has 0 amide bonds. The second-order valence-electron chi connectivity index (χ2n) is 5.04. The van der Waals surface area contributed by atoms with Crippen LogP contribution in [0.25, 0.3) is 0 Å². The Morgan fingerprint density at radius 2 is 1.06 bits per heavy atom. The Kier molecular flexibility index (Phi) is 7.64. The van der Waals surface area contributed by atoms with Crippen molar-refractivity contribution in [3.8, 4) is 0 Å². The lowest BCUT2D eigenvalue weighted by Crippen LogP contribution is -2.39. The summed E-state index contributed by atoms with van der Waals surface area (Å²) in [6.45, 7) is 11.9. The van der Waals surface area contributed by atoms with E-state index < -0.39 is 11.8 Å². The predicted molar refractivity (Wildman–Crippen MR) is 69.9 cm³/mol. The average molecular weight is 258 g/mol. The molecule has 2 atom stereocenters. The molecule has 4 heteroatoms. The van der Waals surface area contributed by atoms with Gasteiger partial charge in [-0.3, -0.25) is 9.59 Å². The third-order valence-electron chi connectivity index (χ3n) is 2.94. The highest BCUT2D eigenvalue weighted by molar-refractivity contribution is 5.82. The molecule has 106 valence electrons. The first kappa shape index (κ1) is 16.9. The molecule has 0 spiro atoms. The number of ether oxygens (including phenoxy) is 2. The smallest absolute Gasteiger partial charge is 0.310 e. The molecule has 0 aromatic carbocycles. The van der Waals surface area contributed by atoms with E-state index in [4.69, 9.17) is 9.47 Å². The molecule has 0 aromatic rings. The maximum absolute atomic E-state index is 12.0. The fraction of sp³-hybridized carbons (Fsp3) is 0.857. The van der Waals surface area contributed by atoms with Crippen LogP contribution in [0.15, 0.2) is 0 Å². The Bertz CT molecular complexity index is 243. The lowest BCUT2D eigenvalue weighted by Gasteiger charge is -2.29.